The van der Waals surface area contributed by atoms with Gasteiger partial charge < -0.3 is 10.6 Å². The molecule has 0 aromatic heterocycles. The lowest BCUT2D eigenvalue weighted by Crippen LogP contribution is -2.14. The van der Waals surface area contributed by atoms with E-state index in [1.807, 2.05) is 24.3 Å². The minimum absolute atomic E-state index is 0.135. The van der Waals surface area contributed by atoms with Gasteiger partial charge in [-0.2, -0.15) is 0 Å². The second-order valence-electron chi connectivity index (χ2n) is 5.61. The normalized spacial score (nSPS) is 11.6. The van der Waals surface area contributed by atoms with Crippen LogP contribution in [0.4, 0.5) is 11.4 Å². The molecule has 0 unspecified atom stereocenters. The van der Waals surface area contributed by atoms with Gasteiger partial charge in [-0.1, -0.05) is 32.0 Å². The van der Waals surface area contributed by atoms with E-state index in [9.17, 15) is 9.59 Å². The van der Waals surface area contributed by atoms with Crippen molar-refractivity contribution in [3.8, 4) is 0 Å². The minimum Gasteiger partial charge on any atom is -0.326 e. The third-order valence-corrected chi connectivity index (χ3v) is 3.82. The number of benzene rings is 2. The van der Waals surface area contributed by atoms with Crippen molar-refractivity contribution in [3.05, 3.63) is 59.7 Å². The van der Waals surface area contributed by atoms with Crippen LogP contribution in [0.2, 0.25) is 0 Å². The van der Waals surface area contributed by atoms with E-state index in [0.717, 1.165) is 17.7 Å². The van der Waals surface area contributed by atoms with Crippen molar-refractivity contribution in [2.24, 2.45) is 0 Å². The van der Waals surface area contributed by atoms with Crippen molar-refractivity contribution in [1.29, 1.82) is 0 Å². The van der Waals surface area contributed by atoms with Crippen LogP contribution in [0.5, 0.6) is 0 Å². The quantitative estimate of drug-likeness (QED) is 0.859. The molecule has 2 N–H and O–H groups in total. The summed E-state index contributed by atoms with van der Waals surface area (Å²) in [5.74, 6) is 0.0912. The second kappa shape index (κ2) is 7.58. The molecule has 0 heterocycles. The molecule has 2 rings (SSSR count). The predicted octanol–water partition coefficient (Wildman–Crippen LogP) is 4.41. The van der Waals surface area contributed by atoms with Gasteiger partial charge in [-0.15, -0.1) is 0 Å². The molecule has 0 saturated carbocycles. The molecule has 0 spiro atoms. The zero-order valence-corrected chi connectivity index (χ0v) is 13.7. The highest BCUT2D eigenvalue weighted by molar-refractivity contribution is 6.05. The third-order valence-electron chi connectivity index (χ3n) is 3.82. The number of hydrogen-bond acceptors (Lipinski definition) is 2. The predicted molar refractivity (Wildman–Crippen MR) is 93.8 cm³/mol. The fourth-order valence-corrected chi connectivity index (χ4v) is 2.36. The molecule has 0 radical (unpaired) electrons. The summed E-state index contributed by atoms with van der Waals surface area (Å²) in [6.45, 7) is 5.73. The molecule has 0 fully saturated rings. The molecule has 0 aliphatic carbocycles. The minimum atomic E-state index is -0.157. The van der Waals surface area contributed by atoms with E-state index in [4.69, 9.17) is 0 Å². The van der Waals surface area contributed by atoms with Gasteiger partial charge >= 0.3 is 0 Å². The van der Waals surface area contributed by atoms with E-state index < -0.39 is 0 Å². The lowest BCUT2D eigenvalue weighted by atomic mass is 9.97. The van der Waals surface area contributed by atoms with Gasteiger partial charge in [0.2, 0.25) is 5.91 Å². The lowest BCUT2D eigenvalue weighted by molar-refractivity contribution is -0.114. The van der Waals surface area contributed by atoms with Crippen LogP contribution < -0.4 is 10.6 Å². The molecule has 23 heavy (non-hydrogen) atoms. The average Bonchev–Trinajstić information content (AvgIpc) is 2.54. The van der Waals surface area contributed by atoms with Crippen molar-refractivity contribution in [2.75, 3.05) is 10.6 Å². The zero-order chi connectivity index (χ0) is 16.8. The zero-order valence-electron chi connectivity index (χ0n) is 13.7. The summed E-state index contributed by atoms with van der Waals surface area (Å²) >= 11 is 0. The molecule has 120 valence electrons. The maximum Gasteiger partial charge on any atom is 0.255 e. The number of carbonyl (C=O) groups is 2. The number of rotatable bonds is 5. The summed E-state index contributed by atoms with van der Waals surface area (Å²) in [4.78, 5) is 23.4. The Kier molecular flexibility index (Phi) is 5.52. The standard InChI is InChI=1S/C19H22N2O2/c1-4-13(2)17-7-5-6-8-18(17)21-19(23)15-9-11-16(12-10-15)20-14(3)22/h5-13H,4H2,1-3H3,(H,20,22)(H,21,23)/t13-/m0/s1. The van der Waals surface area contributed by atoms with Crippen molar-refractivity contribution < 1.29 is 9.59 Å². The van der Waals surface area contributed by atoms with E-state index in [-0.39, 0.29) is 11.8 Å². The van der Waals surface area contributed by atoms with Crippen molar-refractivity contribution in [3.63, 3.8) is 0 Å². The van der Waals surface area contributed by atoms with Crippen molar-refractivity contribution >= 4 is 23.2 Å². The summed E-state index contributed by atoms with van der Waals surface area (Å²) in [6.07, 6.45) is 1.01. The van der Waals surface area contributed by atoms with Crippen LogP contribution in [0.3, 0.4) is 0 Å². The van der Waals surface area contributed by atoms with Gasteiger partial charge in [0, 0.05) is 23.9 Å². The highest BCUT2D eigenvalue weighted by Gasteiger charge is 2.12. The largest absolute Gasteiger partial charge is 0.326 e. The highest BCUT2D eigenvalue weighted by atomic mass is 16.2. The van der Waals surface area contributed by atoms with Crippen LogP contribution in [0.15, 0.2) is 48.5 Å². The third kappa shape index (κ3) is 4.42. The summed E-state index contributed by atoms with van der Waals surface area (Å²) in [6, 6.07) is 14.7. The molecule has 4 heteroatoms. The lowest BCUT2D eigenvalue weighted by Gasteiger charge is -2.15. The first-order valence-corrected chi connectivity index (χ1v) is 7.79. The monoisotopic (exact) mass is 310 g/mol. The molecular weight excluding hydrogens is 288 g/mol. The van der Waals surface area contributed by atoms with E-state index in [1.54, 1.807) is 24.3 Å². The number of para-hydroxylation sites is 1. The first-order valence-electron chi connectivity index (χ1n) is 7.79. The molecule has 1 atom stereocenters. The summed E-state index contributed by atoms with van der Waals surface area (Å²) < 4.78 is 0. The highest BCUT2D eigenvalue weighted by Crippen LogP contribution is 2.27. The first-order chi connectivity index (χ1) is 11.0. The van der Waals surface area contributed by atoms with Crippen molar-refractivity contribution in [1.82, 2.24) is 0 Å². The molecule has 0 aliphatic heterocycles. The SMILES string of the molecule is CC[C@H](C)c1ccccc1NC(=O)c1ccc(NC(C)=O)cc1. The van der Waals surface area contributed by atoms with Crippen LogP contribution in [0, 0.1) is 0 Å². The molecule has 0 bridgehead atoms. The number of hydrogen-bond donors (Lipinski definition) is 2. The fourth-order valence-electron chi connectivity index (χ4n) is 2.36. The van der Waals surface area contributed by atoms with Gasteiger partial charge in [-0.3, -0.25) is 9.59 Å². The van der Waals surface area contributed by atoms with Crippen LogP contribution in [0.25, 0.3) is 0 Å². The molecule has 0 saturated heterocycles. The Morgan fingerprint density at radius 1 is 1.00 bits per heavy atom. The number of carbonyl (C=O) groups excluding carboxylic acids is 2. The maximum atomic E-state index is 12.4. The van der Waals surface area contributed by atoms with Gasteiger partial charge in [0.15, 0.2) is 0 Å². The second-order valence-corrected chi connectivity index (χ2v) is 5.61. The van der Waals surface area contributed by atoms with E-state index in [0.29, 0.717) is 17.2 Å². The Labute approximate surface area is 136 Å². The Balaban J connectivity index is 2.15. The first kappa shape index (κ1) is 16.7. The van der Waals surface area contributed by atoms with Crippen LogP contribution in [-0.4, -0.2) is 11.8 Å². The molecular formula is C19H22N2O2. The van der Waals surface area contributed by atoms with E-state index in [1.165, 1.54) is 6.92 Å². The van der Waals surface area contributed by atoms with Gasteiger partial charge in [-0.25, -0.2) is 0 Å². The molecule has 0 aliphatic rings. The van der Waals surface area contributed by atoms with Crippen LogP contribution in [0.1, 0.15) is 49.0 Å². The summed E-state index contributed by atoms with van der Waals surface area (Å²) in [5.41, 5.74) is 3.21. The van der Waals surface area contributed by atoms with Gasteiger partial charge in [0.05, 0.1) is 0 Å². The Hall–Kier alpha value is -2.62. The Morgan fingerprint density at radius 3 is 2.26 bits per heavy atom. The average molecular weight is 310 g/mol. The van der Waals surface area contributed by atoms with Crippen LogP contribution in [-0.2, 0) is 4.79 Å². The number of anilines is 2. The van der Waals surface area contributed by atoms with E-state index in [2.05, 4.69) is 24.5 Å². The smallest absolute Gasteiger partial charge is 0.255 e. The van der Waals surface area contributed by atoms with Crippen molar-refractivity contribution in [2.45, 2.75) is 33.1 Å². The fraction of sp³-hybridized carbons (Fsp3) is 0.263. The molecule has 2 amide bonds. The topological polar surface area (TPSA) is 58.2 Å². The summed E-state index contributed by atoms with van der Waals surface area (Å²) in [5, 5.41) is 5.66. The Bertz CT molecular complexity index is 693. The maximum absolute atomic E-state index is 12.4. The number of amides is 2. The molecule has 2 aromatic rings. The van der Waals surface area contributed by atoms with E-state index >= 15 is 0 Å². The summed E-state index contributed by atoms with van der Waals surface area (Å²) in [7, 11) is 0. The molecule has 2 aromatic carbocycles. The van der Waals surface area contributed by atoms with Crippen LogP contribution >= 0.6 is 0 Å². The Morgan fingerprint density at radius 2 is 1.65 bits per heavy atom. The molecule has 4 nitrogen and oxygen atoms in total. The number of nitrogens with one attached hydrogen (secondary N) is 2. The van der Waals surface area contributed by atoms with Gasteiger partial charge in [0.1, 0.15) is 0 Å². The van der Waals surface area contributed by atoms with Gasteiger partial charge in [0.25, 0.3) is 5.91 Å². The van der Waals surface area contributed by atoms with Gasteiger partial charge in [-0.05, 0) is 48.2 Å².